The third-order valence-electron chi connectivity index (χ3n) is 0.849. The van der Waals surface area contributed by atoms with Gasteiger partial charge in [0.25, 0.3) is 0 Å². The third kappa shape index (κ3) is 7.75. The van der Waals surface area contributed by atoms with Crippen molar-refractivity contribution in [2.24, 2.45) is 0 Å². The highest BCUT2D eigenvalue weighted by Gasteiger charge is 1.82. The van der Waals surface area contributed by atoms with Gasteiger partial charge in [0, 0.05) is 33.5 Å². The zero-order chi connectivity index (χ0) is 9.56. The summed E-state index contributed by atoms with van der Waals surface area (Å²) in [4.78, 5) is 0. The summed E-state index contributed by atoms with van der Waals surface area (Å²) in [5, 5.41) is 0. The minimum atomic E-state index is -0.611. The first kappa shape index (κ1) is 11.6. The van der Waals surface area contributed by atoms with Crippen molar-refractivity contribution < 1.29 is 4.21 Å². The van der Waals surface area contributed by atoms with Crippen LogP contribution in [-0.4, -0.2) is 16.7 Å². The van der Waals surface area contributed by atoms with Gasteiger partial charge in [-0.2, -0.15) is 0 Å². The number of nitrogen functional groups attached to an aromatic ring is 1. The Morgan fingerprint density at radius 1 is 1.42 bits per heavy atom. The van der Waals surface area contributed by atoms with E-state index >= 15 is 0 Å². The fourth-order valence-electron chi connectivity index (χ4n) is 0.507. The maximum absolute atomic E-state index is 9.56. The predicted molar refractivity (Wildman–Crippen MR) is 58.5 cm³/mol. The van der Waals surface area contributed by atoms with Crippen LogP contribution in [0.25, 0.3) is 0 Å². The van der Waals surface area contributed by atoms with Gasteiger partial charge in [0.15, 0.2) is 0 Å². The smallest absolute Gasteiger partial charge is 0.0325 e. The van der Waals surface area contributed by atoms with Gasteiger partial charge in [0.1, 0.15) is 0 Å². The molecule has 0 aromatic heterocycles. The van der Waals surface area contributed by atoms with Gasteiger partial charge >= 0.3 is 0 Å². The average molecular weight is 250 g/mol. The van der Waals surface area contributed by atoms with E-state index in [1.54, 1.807) is 12.5 Å². The number of rotatable bonds is 0. The Hall–Kier alpha value is -0.350. The summed E-state index contributed by atoms with van der Waals surface area (Å²) < 4.78 is 10.6. The molecule has 1 aromatic carbocycles. The molecule has 0 saturated carbocycles. The molecule has 0 heterocycles. The van der Waals surface area contributed by atoms with Crippen LogP contribution in [0, 0.1) is 0 Å². The normalized spacial score (nSPS) is 9.00. The van der Waals surface area contributed by atoms with Crippen LogP contribution < -0.4 is 5.73 Å². The lowest BCUT2D eigenvalue weighted by Gasteiger charge is -1.89. The fraction of sp³-hybridized carbons (Fsp3) is 0.250. The molecule has 0 aliphatic carbocycles. The third-order valence-corrected chi connectivity index (χ3v) is 1.34. The van der Waals surface area contributed by atoms with Crippen LogP contribution in [-0.2, 0) is 10.8 Å². The van der Waals surface area contributed by atoms with Gasteiger partial charge in [-0.15, -0.1) is 0 Å². The van der Waals surface area contributed by atoms with Crippen LogP contribution in [0.1, 0.15) is 0 Å². The van der Waals surface area contributed by atoms with Crippen molar-refractivity contribution in [2.75, 3.05) is 18.2 Å². The maximum Gasteiger partial charge on any atom is 0.0325 e. The second-order valence-electron chi connectivity index (χ2n) is 2.30. The molecule has 4 heteroatoms. The van der Waals surface area contributed by atoms with Crippen molar-refractivity contribution >= 4 is 32.4 Å². The molecule has 12 heavy (non-hydrogen) atoms. The quantitative estimate of drug-likeness (QED) is 0.716. The van der Waals surface area contributed by atoms with Crippen molar-refractivity contribution in [3.8, 4) is 0 Å². The molecule has 1 aromatic rings. The molecule has 0 fully saturated rings. The van der Waals surface area contributed by atoms with Crippen LogP contribution in [0.4, 0.5) is 5.69 Å². The highest BCUT2D eigenvalue weighted by atomic mass is 79.9. The Morgan fingerprint density at radius 3 is 2.17 bits per heavy atom. The number of nitrogens with two attached hydrogens (primary N) is 1. The largest absolute Gasteiger partial charge is 0.399 e. The summed E-state index contributed by atoms with van der Waals surface area (Å²) in [6.45, 7) is 0. The van der Waals surface area contributed by atoms with Crippen molar-refractivity contribution in [1.29, 1.82) is 0 Å². The van der Waals surface area contributed by atoms with Crippen LogP contribution in [0.15, 0.2) is 28.7 Å². The lowest BCUT2D eigenvalue weighted by Crippen LogP contribution is -1.80. The summed E-state index contributed by atoms with van der Waals surface area (Å²) in [5.41, 5.74) is 6.22. The standard InChI is InChI=1S/C6H6BrN.C2H6OS/c7-5-2-1-3-6(8)4-5;1-4(2)3/h1-4H,8H2;1-2H3. The van der Waals surface area contributed by atoms with E-state index in [-0.39, 0.29) is 0 Å². The zero-order valence-corrected chi connectivity index (χ0v) is 9.48. The van der Waals surface area contributed by atoms with Crippen molar-refractivity contribution in [3.05, 3.63) is 28.7 Å². The Balaban J connectivity index is 0.000000261. The van der Waals surface area contributed by atoms with Gasteiger partial charge in [-0.25, -0.2) is 0 Å². The van der Waals surface area contributed by atoms with Gasteiger partial charge in [-0.05, 0) is 18.2 Å². The molecule has 0 bridgehead atoms. The zero-order valence-electron chi connectivity index (χ0n) is 7.08. The number of benzene rings is 1. The van der Waals surface area contributed by atoms with E-state index in [0.29, 0.717) is 0 Å². The Kier molecular flexibility index (Phi) is 6.02. The highest BCUT2D eigenvalue weighted by molar-refractivity contribution is 9.10. The Morgan fingerprint density at radius 2 is 1.92 bits per heavy atom. The first-order valence-corrected chi connectivity index (χ1v) is 6.04. The lowest BCUT2D eigenvalue weighted by atomic mass is 10.3. The Labute approximate surface area is 83.7 Å². The van der Waals surface area contributed by atoms with E-state index in [1.165, 1.54) is 0 Å². The molecule has 0 spiro atoms. The molecule has 2 N–H and O–H groups in total. The predicted octanol–water partition coefficient (Wildman–Crippen LogP) is 2.03. The van der Waals surface area contributed by atoms with Crippen LogP contribution in [0.2, 0.25) is 0 Å². The lowest BCUT2D eigenvalue weighted by molar-refractivity contribution is 0.690. The molecule has 0 atom stereocenters. The summed E-state index contributed by atoms with van der Waals surface area (Å²) in [6.07, 6.45) is 3.28. The fourth-order valence-corrected chi connectivity index (χ4v) is 0.924. The van der Waals surface area contributed by atoms with Gasteiger partial charge in [0.2, 0.25) is 0 Å². The first-order chi connectivity index (χ1) is 5.52. The molecule has 0 saturated heterocycles. The number of hydrogen-bond donors (Lipinski definition) is 1. The van der Waals surface area contributed by atoms with E-state index in [0.717, 1.165) is 10.2 Å². The molecule has 0 radical (unpaired) electrons. The maximum atomic E-state index is 9.56. The second kappa shape index (κ2) is 6.20. The minimum absolute atomic E-state index is 0.611. The number of halogens is 1. The molecule has 2 nitrogen and oxygen atoms in total. The number of anilines is 1. The second-order valence-corrected chi connectivity index (χ2v) is 4.70. The molecule has 0 amide bonds. The van der Waals surface area contributed by atoms with E-state index in [2.05, 4.69) is 15.9 Å². The Bertz CT molecular complexity index is 244. The minimum Gasteiger partial charge on any atom is -0.399 e. The summed E-state index contributed by atoms with van der Waals surface area (Å²) in [6, 6.07) is 7.56. The van der Waals surface area contributed by atoms with Crippen LogP contribution >= 0.6 is 15.9 Å². The highest BCUT2D eigenvalue weighted by Crippen LogP contribution is 2.11. The monoisotopic (exact) mass is 249 g/mol. The summed E-state index contributed by atoms with van der Waals surface area (Å²) in [7, 11) is -0.611. The molecule has 0 aliphatic heterocycles. The van der Waals surface area contributed by atoms with E-state index in [9.17, 15) is 4.21 Å². The van der Waals surface area contributed by atoms with Crippen molar-refractivity contribution in [2.45, 2.75) is 0 Å². The molecule has 0 aliphatic rings. The molecule has 68 valence electrons. The van der Waals surface area contributed by atoms with Gasteiger partial charge in [0.05, 0.1) is 0 Å². The van der Waals surface area contributed by atoms with Gasteiger partial charge in [-0.1, -0.05) is 22.0 Å². The van der Waals surface area contributed by atoms with E-state index in [4.69, 9.17) is 5.73 Å². The SMILES string of the molecule is CS(C)=O.Nc1cccc(Br)c1. The topological polar surface area (TPSA) is 43.1 Å². The van der Waals surface area contributed by atoms with Crippen LogP contribution in [0.5, 0.6) is 0 Å². The summed E-state index contributed by atoms with van der Waals surface area (Å²) >= 11 is 3.28. The summed E-state index contributed by atoms with van der Waals surface area (Å²) in [5.74, 6) is 0. The van der Waals surface area contributed by atoms with Crippen molar-refractivity contribution in [1.82, 2.24) is 0 Å². The first-order valence-electron chi connectivity index (χ1n) is 3.28. The molecular formula is C8H12BrNOS. The molecule has 1 rings (SSSR count). The van der Waals surface area contributed by atoms with E-state index < -0.39 is 10.8 Å². The average Bonchev–Trinajstić information content (AvgIpc) is 1.84. The molecular weight excluding hydrogens is 238 g/mol. The van der Waals surface area contributed by atoms with Crippen LogP contribution in [0.3, 0.4) is 0 Å². The number of hydrogen-bond acceptors (Lipinski definition) is 2. The van der Waals surface area contributed by atoms with Crippen molar-refractivity contribution in [3.63, 3.8) is 0 Å². The van der Waals surface area contributed by atoms with E-state index in [1.807, 2.05) is 24.3 Å². The van der Waals surface area contributed by atoms with Gasteiger partial charge in [-0.3, -0.25) is 4.21 Å². The van der Waals surface area contributed by atoms with Gasteiger partial charge < -0.3 is 5.73 Å². The molecule has 0 unspecified atom stereocenters.